The number of hydrogen-bond acceptors (Lipinski definition) is 2. The van der Waals surface area contributed by atoms with Gasteiger partial charge in [-0.15, -0.1) is 6.58 Å². The van der Waals surface area contributed by atoms with Crippen LogP contribution >= 0.6 is 0 Å². The van der Waals surface area contributed by atoms with Gasteiger partial charge in [-0.05, 0) is 19.3 Å². The highest BCUT2D eigenvalue weighted by atomic mass is 16.5. The summed E-state index contributed by atoms with van der Waals surface area (Å²) in [6, 6.07) is 0. The number of carbonyl (C=O) groups excluding carboxylic acids is 1. The van der Waals surface area contributed by atoms with E-state index >= 15 is 0 Å². The van der Waals surface area contributed by atoms with Gasteiger partial charge in [-0.25, -0.2) is 0 Å². The van der Waals surface area contributed by atoms with E-state index in [1.54, 1.807) is 6.08 Å². The normalized spacial score (nSPS) is 10.0. The number of hydrogen-bond donors (Lipinski definition) is 0. The molecule has 0 aromatic carbocycles. The van der Waals surface area contributed by atoms with Crippen molar-refractivity contribution >= 4 is 5.97 Å². The van der Waals surface area contributed by atoms with Crippen LogP contribution in [0.5, 0.6) is 0 Å². The maximum Gasteiger partial charge on any atom is 0.309 e. The summed E-state index contributed by atoms with van der Waals surface area (Å²) < 4.78 is 4.79. The number of allylic oxidation sites excluding steroid dienone is 2. The minimum absolute atomic E-state index is 0.204. The molecule has 0 aliphatic carbocycles. The lowest BCUT2D eigenvalue weighted by atomic mass is 10.2. The fourth-order valence-corrected chi connectivity index (χ4v) is 0.888. The summed E-state index contributed by atoms with van der Waals surface area (Å²) in [6.45, 7) is 7.39. The van der Waals surface area contributed by atoms with Crippen LogP contribution in [0.4, 0.5) is 0 Å². The van der Waals surface area contributed by atoms with E-state index in [1.165, 1.54) is 0 Å². The van der Waals surface area contributed by atoms with Crippen LogP contribution < -0.4 is 0 Å². The molecule has 0 N–H and O–H groups in total. The summed E-state index contributed by atoms with van der Waals surface area (Å²) in [5.41, 5.74) is 0. The molecule has 0 aromatic heterocycles. The number of unbranched alkanes of at least 4 members (excludes halogenated alkanes) is 2. The lowest BCUT2D eigenvalue weighted by Gasteiger charge is -1.97. The summed E-state index contributed by atoms with van der Waals surface area (Å²) >= 11 is 0. The van der Waals surface area contributed by atoms with Gasteiger partial charge >= 0.3 is 5.97 Å². The smallest absolute Gasteiger partial charge is 0.309 e. The molecule has 2 nitrogen and oxygen atoms in total. The summed E-state index contributed by atoms with van der Waals surface area (Å²) in [5.74, 6) is -0.204. The second-order valence-electron chi connectivity index (χ2n) is 2.87. The SMILES string of the molecule is C=CCCC/C=C/CC(=O)OCC=C. The first-order valence-corrected chi connectivity index (χ1v) is 4.83. The second-order valence-corrected chi connectivity index (χ2v) is 2.87. The summed E-state index contributed by atoms with van der Waals surface area (Å²) in [5, 5.41) is 0. The van der Waals surface area contributed by atoms with Gasteiger partial charge in [0.1, 0.15) is 6.61 Å². The van der Waals surface area contributed by atoms with E-state index in [0.717, 1.165) is 19.3 Å². The zero-order valence-corrected chi connectivity index (χ0v) is 8.58. The largest absolute Gasteiger partial charge is 0.461 e. The molecule has 2 heteroatoms. The zero-order valence-electron chi connectivity index (χ0n) is 8.58. The number of ether oxygens (including phenoxy) is 1. The van der Waals surface area contributed by atoms with E-state index in [1.807, 2.05) is 18.2 Å². The highest BCUT2D eigenvalue weighted by molar-refractivity contribution is 5.71. The lowest BCUT2D eigenvalue weighted by molar-refractivity contribution is -0.141. The molecule has 0 saturated carbocycles. The van der Waals surface area contributed by atoms with Crippen molar-refractivity contribution in [3.8, 4) is 0 Å². The quantitative estimate of drug-likeness (QED) is 0.337. The van der Waals surface area contributed by atoms with Gasteiger partial charge < -0.3 is 4.74 Å². The topological polar surface area (TPSA) is 26.3 Å². The Kier molecular flexibility index (Phi) is 8.86. The highest BCUT2D eigenvalue weighted by Crippen LogP contribution is 1.98. The first-order chi connectivity index (χ1) is 6.81. The Morgan fingerprint density at radius 2 is 1.93 bits per heavy atom. The van der Waals surface area contributed by atoms with E-state index in [2.05, 4.69) is 13.2 Å². The molecule has 14 heavy (non-hydrogen) atoms. The van der Waals surface area contributed by atoms with Crippen LogP contribution in [-0.4, -0.2) is 12.6 Å². The fraction of sp³-hybridized carbons (Fsp3) is 0.417. The van der Waals surface area contributed by atoms with Crippen LogP contribution in [0.3, 0.4) is 0 Å². The molecule has 0 atom stereocenters. The van der Waals surface area contributed by atoms with Gasteiger partial charge in [-0.2, -0.15) is 0 Å². The third-order valence-electron chi connectivity index (χ3n) is 1.59. The number of esters is 1. The summed E-state index contributed by atoms with van der Waals surface area (Å²) in [6.07, 6.45) is 10.7. The maximum absolute atomic E-state index is 11.0. The van der Waals surface area contributed by atoms with Crippen LogP contribution in [0.15, 0.2) is 37.5 Å². The van der Waals surface area contributed by atoms with Crippen molar-refractivity contribution in [2.45, 2.75) is 25.7 Å². The van der Waals surface area contributed by atoms with Crippen LogP contribution in [0.2, 0.25) is 0 Å². The Morgan fingerprint density at radius 3 is 2.57 bits per heavy atom. The molecule has 0 rings (SSSR count). The molecule has 0 aromatic rings. The predicted molar refractivity (Wildman–Crippen MR) is 59.0 cm³/mol. The number of carbonyl (C=O) groups is 1. The Hall–Kier alpha value is -1.31. The van der Waals surface area contributed by atoms with E-state index in [0.29, 0.717) is 13.0 Å². The standard InChI is InChI=1S/C12H18O2/c1-3-5-6-7-8-9-10-12(13)14-11-4-2/h3-4,8-9H,1-2,5-7,10-11H2/b9-8+. The van der Waals surface area contributed by atoms with E-state index in [4.69, 9.17) is 4.74 Å². The Balaban J connectivity index is 3.36. The monoisotopic (exact) mass is 194 g/mol. The first-order valence-electron chi connectivity index (χ1n) is 4.83. The van der Waals surface area contributed by atoms with E-state index < -0.39 is 0 Å². The molecule has 0 fully saturated rings. The fourth-order valence-electron chi connectivity index (χ4n) is 0.888. The molecular formula is C12H18O2. The van der Waals surface area contributed by atoms with Crippen molar-refractivity contribution in [3.05, 3.63) is 37.5 Å². The van der Waals surface area contributed by atoms with Crippen LogP contribution in [0.25, 0.3) is 0 Å². The van der Waals surface area contributed by atoms with E-state index in [9.17, 15) is 4.79 Å². The number of rotatable bonds is 8. The van der Waals surface area contributed by atoms with Crippen LogP contribution in [0.1, 0.15) is 25.7 Å². The highest BCUT2D eigenvalue weighted by Gasteiger charge is 1.95. The molecule has 0 aliphatic rings. The average molecular weight is 194 g/mol. The molecular weight excluding hydrogens is 176 g/mol. The van der Waals surface area contributed by atoms with Crippen LogP contribution in [-0.2, 0) is 9.53 Å². The van der Waals surface area contributed by atoms with Gasteiger partial charge in [0.15, 0.2) is 0 Å². The zero-order chi connectivity index (χ0) is 10.6. The second kappa shape index (κ2) is 9.78. The van der Waals surface area contributed by atoms with Crippen molar-refractivity contribution < 1.29 is 9.53 Å². The summed E-state index contributed by atoms with van der Waals surface area (Å²) in [7, 11) is 0. The van der Waals surface area contributed by atoms with Crippen molar-refractivity contribution in [2.24, 2.45) is 0 Å². The Morgan fingerprint density at radius 1 is 1.14 bits per heavy atom. The molecule has 78 valence electrons. The van der Waals surface area contributed by atoms with Gasteiger partial charge in [0, 0.05) is 0 Å². The lowest BCUT2D eigenvalue weighted by Crippen LogP contribution is -2.01. The maximum atomic E-state index is 11.0. The van der Waals surface area contributed by atoms with Crippen molar-refractivity contribution in [1.29, 1.82) is 0 Å². The van der Waals surface area contributed by atoms with Crippen molar-refractivity contribution in [3.63, 3.8) is 0 Å². The molecule has 0 saturated heterocycles. The van der Waals surface area contributed by atoms with Gasteiger partial charge in [0.25, 0.3) is 0 Å². The Bertz CT molecular complexity index is 204. The minimum Gasteiger partial charge on any atom is -0.461 e. The predicted octanol–water partition coefficient (Wildman–Crippen LogP) is 3.02. The molecule has 0 heterocycles. The van der Waals surface area contributed by atoms with E-state index in [-0.39, 0.29) is 5.97 Å². The van der Waals surface area contributed by atoms with Crippen molar-refractivity contribution in [2.75, 3.05) is 6.61 Å². The first kappa shape index (κ1) is 12.7. The van der Waals surface area contributed by atoms with Gasteiger partial charge in [0.05, 0.1) is 6.42 Å². The molecule has 0 aliphatic heterocycles. The summed E-state index contributed by atoms with van der Waals surface area (Å²) in [4.78, 5) is 11.0. The molecule has 0 amide bonds. The van der Waals surface area contributed by atoms with Gasteiger partial charge in [0.2, 0.25) is 0 Å². The molecule has 0 unspecified atom stereocenters. The van der Waals surface area contributed by atoms with Gasteiger partial charge in [-0.1, -0.05) is 30.9 Å². The molecule has 0 spiro atoms. The van der Waals surface area contributed by atoms with Crippen LogP contribution in [0, 0.1) is 0 Å². The Labute approximate surface area is 86.0 Å². The van der Waals surface area contributed by atoms with Crippen molar-refractivity contribution in [1.82, 2.24) is 0 Å². The molecule has 0 bridgehead atoms. The third kappa shape index (κ3) is 8.78. The third-order valence-corrected chi connectivity index (χ3v) is 1.59. The average Bonchev–Trinajstić information content (AvgIpc) is 2.20. The minimum atomic E-state index is -0.204. The molecule has 0 radical (unpaired) electrons. The van der Waals surface area contributed by atoms with Gasteiger partial charge in [-0.3, -0.25) is 4.79 Å².